The SMILES string of the molecule is O=C(O)CNC(=O)C1C(=O)Sc2ccc(-c3cc(C(F)(F)F)cc(C(F)(F)F)c3)cc2C1=O. The molecule has 0 aliphatic carbocycles. The van der Waals surface area contributed by atoms with Crippen LogP contribution >= 0.6 is 11.8 Å². The Morgan fingerprint density at radius 3 is 2.00 bits per heavy atom. The molecule has 13 heteroatoms. The third kappa shape index (κ3) is 5.18. The number of ketones is 1. The summed E-state index contributed by atoms with van der Waals surface area (Å²) in [6, 6.07) is 4.24. The molecule has 6 nitrogen and oxygen atoms in total. The van der Waals surface area contributed by atoms with Gasteiger partial charge in [-0.2, -0.15) is 26.3 Å². The van der Waals surface area contributed by atoms with Crippen LogP contribution in [-0.2, 0) is 26.7 Å². The maximum absolute atomic E-state index is 13.2. The molecule has 3 rings (SSSR count). The predicted molar refractivity (Wildman–Crippen MR) is 101 cm³/mol. The molecule has 2 N–H and O–H groups in total. The van der Waals surface area contributed by atoms with Crippen molar-refractivity contribution in [1.82, 2.24) is 5.32 Å². The van der Waals surface area contributed by atoms with Crippen molar-refractivity contribution in [1.29, 1.82) is 0 Å². The molecule has 2 aromatic rings. The van der Waals surface area contributed by atoms with Gasteiger partial charge in [0.15, 0.2) is 11.7 Å². The first kappa shape index (κ1) is 24.3. The van der Waals surface area contributed by atoms with Crippen molar-refractivity contribution in [3.63, 3.8) is 0 Å². The lowest BCUT2D eigenvalue weighted by atomic mass is 9.93. The van der Waals surface area contributed by atoms with Crippen molar-refractivity contribution in [3.05, 3.63) is 53.1 Å². The molecule has 1 atom stereocenters. The Bertz CT molecular complexity index is 1140. The fraction of sp³-hybridized carbons (Fsp3) is 0.200. The molecule has 33 heavy (non-hydrogen) atoms. The van der Waals surface area contributed by atoms with Gasteiger partial charge in [-0.15, -0.1) is 0 Å². The van der Waals surface area contributed by atoms with Crippen molar-refractivity contribution >= 4 is 34.5 Å². The molecule has 1 unspecified atom stereocenters. The highest BCUT2D eigenvalue weighted by atomic mass is 32.2. The molecule has 1 aliphatic heterocycles. The zero-order valence-electron chi connectivity index (χ0n) is 16.0. The average molecular weight is 491 g/mol. The lowest BCUT2D eigenvalue weighted by Crippen LogP contribution is -2.42. The number of rotatable bonds is 4. The molecule has 0 spiro atoms. The summed E-state index contributed by atoms with van der Waals surface area (Å²) >= 11 is 0.477. The summed E-state index contributed by atoms with van der Waals surface area (Å²) in [4.78, 5) is 47.7. The zero-order chi connectivity index (χ0) is 24.7. The van der Waals surface area contributed by atoms with Crippen molar-refractivity contribution in [3.8, 4) is 11.1 Å². The lowest BCUT2D eigenvalue weighted by Gasteiger charge is -2.21. The van der Waals surface area contributed by atoms with Gasteiger partial charge >= 0.3 is 18.3 Å². The first-order valence-electron chi connectivity index (χ1n) is 8.88. The number of aliphatic carboxylic acids is 1. The second-order valence-corrected chi connectivity index (χ2v) is 7.88. The maximum atomic E-state index is 13.2. The minimum atomic E-state index is -5.07. The molecular weight excluding hydrogens is 480 g/mol. The van der Waals surface area contributed by atoms with Crippen LogP contribution in [0.4, 0.5) is 26.3 Å². The topological polar surface area (TPSA) is 101 Å². The monoisotopic (exact) mass is 491 g/mol. The van der Waals surface area contributed by atoms with Crippen LogP contribution in [0.1, 0.15) is 21.5 Å². The molecule has 1 amide bonds. The normalized spacial score (nSPS) is 16.4. The van der Waals surface area contributed by atoms with Gasteiger partial charge in [-0.1, -0.05) is 6.07 Å². The number of carbonyl (C=O) groups excluding carboxylic acids is 3. The van der Waals surface area contributed by atoms with Gasteiger partial charge in [0, 0.05) is 10.5 Å². The number of alkyl halides is 6. The lowest BCUT2D eigenvalue weighted by molar-refractivity contribution is -0.143. The van der Waals surface area contributed by atoms with Crippen molar-refractivity contribution in [2.75, 3.05) is 6.54 Å². The maximum Gasteiger partial charge on any atom is 0.416 e. The van der Waals surface area contributed by atoms with Crippen LogP contribution in [0.5, 0.6) is 0 Å². The van der Waals surface area contributed by atoms with E-state index in [0.29, 0.717) is 23.9 Å². The Kier molecular flexibility index (Phi) is 6.29. The van der Waals surface area contributed by atoms with Gasteiger partial charge in [0.2, 0.25) is 11.0 Å². The number of benzene rings is 2. The number of hydrogen-bond acceptors (Lipinski definition) is 5. The number of hydrogen-bond donors (Lipinski definition) is 2. The summed E-state index contributed by atoms with van der Waals surface area (Å²) in [5, 5.41) is 9.62. The Morgan fingerprint density at radius 2 is 1.48 bits per heavy atom. The molecule has 2 aromatic carbocycles. The Hall–Kier alpha value is -3.35. The highest BCUT2D eigenvalue weighted by molar-refractivity contribution is 8.14. The number of carboxylic acids is 1. The van der Waals surface area contributed by atoms with Crippen LogP contribution in [0.3, 0.4) is 0 Å². The number of Topliss-reactive ketones (excluding diaryl/α,β-unsaturated/α-hetero) is 1. The summed E-state index contributed by atoms with van der Waals surface area (Å²) in [7, 11) is 0. The number of carbonyl (C=O) groups is 4. The summed E-state index contributed by atoms with van der Waals surface area (Å²) in [5.74, 6) is -5.58. The van der Waals surface area contributed by atoms with E-state index < -0.39 is 64.3 Å². The summed E-state index contributed by atoms with van der Waals surface area (Å²) < 4.78 is 78.9. The van der Waals surface area contributed by atoms with Crippen LogP contribution in [-0.4, -0.2) is 34.4 Å². The van der Waals surface area contributed by atoms with Crippen LogP contribution in [0.15, 0.2) is 41.3 Å². The second kappa shape index (κ2) is 8.54. The van der Waals surface area contributed by atoms with E-state index in [9.17, 15) is 45.5 Å². The quantitative estimate of drug-likeness (QED) is 0.495. The highest BCUT2D eigenvalue weighted by Gasteiger charge is 2.41. The number of thioether (sulfide) groups is 1. The molecule has 0 fully saturated rings. The van der Waals surface area contributed by atoms with Crippen LogP contribution < -0.4 is 5.32 Å². The van der Waals surface area contributed by atoms with E-state index in [1.54, 1.807) is 0 Å². The summed E-state index contributed by atoms with van der Waals surface area (Å²) in [6.07, 6.45) is -10.1. The smallest absolute Gasteiger partial charge is 0.416 e. The molecular formula is C20H11F6NO5S. The average Bonchev–Trinajstić information content (AvgIpc) is 2.70. The van der Waals surface area contributed by atoms with E-state index >= 15 is 0 Å². The molecule has 0 saturated carbocycles. The highest BCUT2D eigenvalue weighted by Crippen LogP contribution is 2.41. The van der Waals surface area contributed by atoms with Gasteiger partial charge in [-0.05, 0) is 53.2 Å². The van der Waals surface area contributed by atoms with E-state index in [2.05, 4.69) is 0 Å². The largest absolute Gasteiger partial charge is 0.480 e. The standard InChI is InChI=1S/C20H11F6NO5S/c21-19(22,23)10-3-9(4-11(6-10)20(24,25)26)8-1-2-13-12(5-8)16(30)15(18(32)33-13)17(31)27-7-14(28)29/h1-6,15H,7H2,(H,27,31)(H,28,29). The van der Waals surface area contributed by atoms with Crippen molar-refractivity contribution in [2.24, 2.45) is 5.92 Å². The molecule has 0 aromatic heterocycles. The van der Waals surface area contributed by atoms with Crippen LogP contribution in [0, 0.1) is 5.92 Å². The van der Waals surface area contributed by atoms with Gasteiger partial charge in [-0.3, -0.25) is 19.2 Å². The number of halogens is 6. The first-order chi connectivity index (χ1) is 15.2. The molecule has 1 aliphatic rings. The van der Waals surface area contributed by atoms with Crippen molar-refractivity contribution in [2.45, 2.75) is 17.2 Å². The molecule has 0 saturated heterocycles. The second-order valence-electron chi connectivity index (χ2n) is 6.84. The number of amides is 1. The van der Waals surface area contributed by atoms with Gasteiger partial charge in [-0.25, -0.2) is 0 Å². The van der Waals surface area contributed by atoms with E-state index in [0.717, 1.165) is 12.1 Å². The fourth-order valence-electron chi connectivity index (χ4n) is 3.03. The van der Waals surface area contributed by atoms with Gasteiger partial charge in [0.25, 0.3) is 0 Å². The minimum Gasteiger partial charge on any atom is -0.480 e. The summed E-state index contributed by atoms with van der Waals surface area (Å²) in [6.45, 7) is -0.863. The molecule has 1 heterocycles. The van der Waals surface area contributed by atoms with E-state index in [4.69, 9.17) is 5.11 Å². The Labute approximate surface area is 185 Å². The first-order valence-corrected chi connectivity index (χ1v) is 9.69. The zero-order valence-corrected chi connectivity index (χ0v) is 16.8. The summed E-state index contributed by atoms with van der Waals surface area (Å²) in [5.41, 5.74) is -4.03. The van der Waals surface area contributed by atoms with Gasteiger partial charge in [0.05, 0.1) is 11.1 Å². The minimum absolute atomic E-state index is 0.0373. The third-order valence-corrected chi connectivity index (χ3v) is 5.56. The molecule has 0 radical (unpaired) electrons. The predicted octanol–water partition coefficient (Wildman–Crippen LogP) is 4.02. The van der Waals surface area contributed by atoms with Crippen LogP contribution in [0.2, 0.25) is 0 Å². The van der Waals surface area contributed by atoms with Crippen LogP contribution in [0.25, 0.3) is 11.1 Å². The number of fused-ring (bicyclic) bond motifs is 1. The van der Waals surface area contributed by atoms with Gasteiger partial charge in [0.1, 0.15) is 6.54 Å². The van der Waals surface area contributed by atoms with Gasteiger partial charge < -0.3 is 10.4 Å². The van der Waals surface area contributed by atoms with E-state index in [1.807, 2.05) is 5.32 Å². The van der Waals surface area contributed by atoms with Crippen molar-refractivity contribution < 1.29 is 50.6 Å². The number of nitrogens with one attached hydrogen (secondary N) is 1. The van der Waals surface area contributed by atoms with E-state index in [1.165, 1.54) is 6.07 Å². The number of carboxylic acid groups (broad SMARTS) is 1. The third-order valence-electron chi connectivity index (χ3n) is 4.55. The Balaban J connectivity index is 2.06. The molecule has 0 bridgehead atoms. The fourth-order valence-corrected chi connectivity index (χ4v) is 3.99. The van der Waals surface area contributed by atoms with E-state index in [-0.39, 0.29) is 22.1 Å². The molecule has 174 valence electrons. The Morgan fingerprint density at radius 1 is 0.909 bits per heavy atom.